The molecule has 6 heteroatoms. The van der Waals surface area contributed by atoms with Crippen molar-refractivity contribution < 1.29 is 14.3 Å². The molecule has 1 saturated heterocycles. The van der Waals surface area contributed by atoms with Crippen LogP contribution in [0.3, 0.4) is 0 Å². The molecular formula is C14H17ClN2O3. The fourth-order valence-electron chi connectivity index (χ4n) is 2.33. The lowest BCUT2D eigenvalue weighted by atomic mass is 9.97. The number of halogens is 1. The molecule has 0 spiro atoms. The van der Waals surface area contributed by atoms with Crippen molar-refractivity contribution in [2.75, 3.05) is 19.7 Å². The highest BCUT2D eigenvalue weighted by atomic mass is 35.5. The highest BCUT2D eigenvalue weighted by Crippen LogP contribution is 2.21. The molecule has 1 aromatic rings. The zero-order chi connectivity index (χ0) is 14.5. The van der Waals surface area contributed by atoms with Crippen molar-refractivity contribution in [1.82, 2.24) is 9.88 Å². The van der Waals surface area contributed by atoms with E-state index in [1.807, 2.05) is 0 Å². The van der Waals surface area contributed by atoms with E-state index in [1.54, 1.807) is 24.0 Å². The van der Waals surface area contributed by atoms with E-state index in [2.05, 4.69) is 4.98 Å². The molecule has 0 aromatic carbocycles. The van der Waals surface area contributed by atoms with Crippen molar-refractivity contribution in [2.24, 2.45) is 5.92 Å². The standard InChI is InChI=1S/C14H17ClN2O3/c1-2-20-14(19)10-5-4-8-17(9-10)13(18)11-6-3-7-16-12(11)15/h3,6-7,10H,2,4-5,8-9H2,1H3. The number of ether oxygens (including phenoxy) is 1. The van der Waals surface area contributed by atoms with Crippen LogP contribution in [0.15, 0.2) is 18.3 Å². The average molecular weight is 297 g/mol. The highest BCUT2D eigenvalue weighted by Gasteiger charge is 2.30. The average Bonchev–Trinajstić information content (AvgIpc) is 2.47. The number of aromatic nitrogens is 1. The minimum Gasteiger partial charge on any atom is -0.466 e. The summed E-state index contributed by atoms with van der Waals surface area (Å²) in [7, 11) is 0. The van der Waals surface area contributed by atoms with Crippen LogP contribution < -0.4 is 0 Å². The van der Waals surface area contributed by atoms with Crippen molar-refractivity contribution in [3.8, 4) is 0 Å². The lowest BCUT2D eigenvalue weighted by Crippen LogP contribution is -2.43. The first-order valence-corrected chi connectivity index (χ1v) is 7.07. The van der Waals surface area contributed by atoms with E-state index < -0.39 is 0 Å². The second kappa shape index (κ2) is 6.70. The minimum absolute atomic E-state index is 0.183. The number of carbonyl (C=O) groups is 2. The van der Waals surface area contributed by atoms with Crippen LogP contribution >= 0.6 is 11.6 Å². The Labute approximate surface area is 122 Å². The monoisotopic (exact) mass is 296 g/mol. The van der Waals surface area contributed by atoms with Gasteiger partial charge in [-0.3, -0.25) is 9.59 Å². The first-order valence-electron chi connectivity index (χ1n) is 6.70. The second-order valence-electron chi connectivity index (χ2n) is 4.68. The third-order valence-corrected chi connectivity index (χ3v) is 3.62. The fourth-order valence-corrected chi connectivity index (χ4v) is 2.53. The van der Waals surface area contributed by atoms with Gasteiger partial charge in [0.05, 0.1) is 18.1 Å². The number of carbonyl (C=O) groups excluding carboxylic acids is 2. The molecule has 0 radical (unpaired) electrons. The molecule has 1 amide bonds. The quantitative estimate of drug-likeness (QED) is 0.633. The summed E-state index contributed by atoms with van der Waals surface area (Å²) in [5, 5.41) is 0.191. The summed E-state index contributed by atoms with van der Waals surface area (Å²) in [5.74, 6) is -0.664. The molecule has 0 bridgehead atoms. The largest absolute Gasteiger partial charge is 0.466 e. The van der Waals surface area contributed by atoms with Gasteiger partial charge in [-0.1, -0.05) is 11.6 Å². The Morgan fingerprint density at radius 1 is 1.55 bits per heavy atom. The molecule has 0 saturated carbocycles. The van der Waals surface area contributed by atoms with E-state index >= 15 is 0 Å². The van der Waals surface area contributed by atoms with Gasteiger partial charge in [0.25, 0.3) is 5.91 Å². The van der Waals surface area contributed by atoms with Crippen LogP contribution in [0.2, 0.25) is 5.15 Å². The van der Waals surface area contributed by atoms with Crippen molar-refractivity contribution in [1.29, 1.82) is 0 Å². The smallest absolute Gasteiger partial charge is 0.310 e. The van der Waals surface area contributed by atoms with Gasteiger partial charge in [-0.25, -0.2) is 4.98 Å². The van der Waals surface area contributed by atoms with E-state index in [1.165, 1.54) is 6.20 Å². The lowest BCUT2D eigenvalue weighted by Gasteiger charge is -2.31. The van der Waals surface area contributed by atoms with Crippen molar-refractivity contribution in [2.45, 2.75) is 19.8 Å². The van der Waals surface area contributed by atoms with E-state index in [-0.39, 0.29) is 22.9 Å². The maximum atomic E-state index is 12.4. The molecule has 1 unspecified atom stereocenters. The number of pyridine rings is 1. The van der Waals surface area contributed by atoms with Crippen LogP contribution in [0, 0.1) is 5.92 Å². The summed E-state index contributed by atoms with van der Waals surface area (Å²) in [6.45, 7) is 3.14. The van der Waals surface area contributed by atoms with Crippen molar-refractivity contribution in [3.05, 3.63) is 29.0 Å². The third kappa shape index (κ3) is 3.28. The molecule has 2 heterocycles. The predicted molar refractivity (Wildman–Crippen MR) is 74.5 cm³/mol. The maximum absolute atomic E-state index is 12.4. The number of piperidine rings is 1. The lowest BCUT2D eigenvalue weighted by molar-refractivity contribution is -0.149. The Balaban J connectivity index is 2.07. The normalized spacial score (nSPS) is 18.7. The molecule has 20 heavy (non-hydrogen) atoms. The van der Waals surface area contributed by atoms with Crippen LogP contribution in [0.5, 0.6) is 0 Å². The molecule has 108 valence electrons. The van der Waals surface area contributed by atoms with Gasteiger partial charge in [0.1, 0.15) is 5.15 Å². The zero-order valence-electron chi connectivity index (χ0n) is 11.3. The van der Waals surface area contributed by atoms with Gasteiger partial charge in [0.2, 0.25) is 0 Å². The topological polar surface area (TPSA) is 59.5 Å². The highest BCUT2D eigenvalue weighted by molar-refractivity contribution is 6.32. The van der Waals surface area contributed by atoms with Crippen LogP contribution in [0.4, 0.5) is 0 Å². The van der Waals surface area contributed by atoms with Crippen LogP contribution in [-0.2, 0) is 9.53 Å². The Morgan fingerprint density at radius 3 is 3.05 bits per heavy atom. The van der Waals surface area contributed by atoms with Crippen LogP contribution in [-0.4, -0.2) is 41.5 Å². The van der Waals surface area contributed by atoms with E-state index in [0.717, 1.165) is 12.8 Å². The maximum Gasteiger partial charge on any atom is 0.310 e. The second-order valence-corrected chi connectivity index (χ2v) is 5.04. The number of rotatable bonds is 3. The number of hydrogen-bond donors (Lipinski definition) is 0. The summed E-state index contributed by atoms with van der Waals surface area (Å²) >= 11 is 5.94. The Morgan fingerprint density at radius 2 is 2.35 bits per heavy atom. The Hall–Kier alpha value is -1.62. The molecule has 5 nitrogen and oxygen atoms in total. The molecule has 1 aliphatic heterocycles. The summed E-state index contributed by atoms with van der Waals surface area (Å²) in [5.41, 5.74) is 0.374. The molecule has 0 aliphatic carbocycles. The fraction of sp³-hybridized carbons (Fsp3) is 0.500. The van der Waals surface area contributed by atoms with E-state index in [4.69, 9.17) is 16.3 Å². The van der Waals surface area contributed by atoms with Crippen LogP contribution in [0.1, 0.15) is 30.1 Å². The molecular weight excluding hydrogens is 280 g/mol. The van der Waals surface area contributed by atoms with Gasteiger partial charge < -0.3 is 9.64 Å². The van der Waals surface area contributed by atoms with Gasteiger partial charge in [-0.2, -0.15) is 0 Å². The van der Waals surface area contributed by atoms with Crippen molar-refractivity contribution >= 4 is 23.5 Å². The number of likely N-dealkylation sites (tertiary alicyclic amines) is 1. The van der Waals surface area contributed by atoms with Gasteiger partial charge in [0, 0.05) is 19.3 Å². The molecule has 2 rings (SSSR count). The first kappa shape index (κ1) is 14.8. The van der Waals surface area contributed by atoms with E-state index in [9.17, 15) is 9.59 Å². The van der Waals surface area contributed by atoms with Crippen molar-refractivity contribution in [3.63, 3.8) is 0 Å². The first-order chi connectivity index (χ1) is 9.63. The summed E-state index contributed by atoms with van der Waals surface area (Å²) in [4.78, 5) is 29.7. The zero-order valence-corrected chi connectivity index (χ0v) is 12.1. The van der Waals surface area contributed by atoms with E-state index in [0.29, 0.717) is 25.3 Å². The Kier molecular flexibility index (Phi) is 4.95. The number of nitrogens with zero attached hydrogens (tertiary/aromatic N) is 2. The summed E-state index contributed by atoms with van der Waals surface area (Å²) < 4.78 is 5.02. The molecule has 1 aliphatic rings. The molecule has 1 atom stereocenters. The molecule has 1 fully saturated rings. The number of hydrogen-bond acceptors (Lipinski definition) is 4. The molecule has 0 N–H and O–H groups in total. The summed E-state index contributed by atoms with van der Waals surface area (Å²) in [6, 6.07) is 3.32. The van der Waals surface area contributed by atoms with Gasteiger partial charge in [-0.05, 0) is 31.9 Å². The Bertz CT molecular complexity index is 507. The van der Waals surface area contributed by atoms with Gasteiger partial charge >= 0.3 is 5.97 Å². The number of amides is 1. The van der Waals surface area contributed by atoms with Gasteiger partial charge in [-0.15, -0.1) is 0 Å². The third-order valence-electron chi connectivity index (χ3n) is 3.32. The van der Waals surface area contributed by atoms with Crippen LogP contribution in [0.25, 0.3) is 0 Å². The predicted octanol–water partition coefficient (Wildman–Crippen LogP) is 2.15. The van der Waals surface area contributed by atoms with Gasteiger partial charge in [0.15, 0.2) is 0 Å². The minimum atomic E-state index is -0.247. The SMILES string of the molecule is CCOC(=O)C1CCCN(C(=O)c2cccnc2Cl)C1. The number of esters is 1. The molecule has 1 aromatic heterocycles. The summed E-state index contributed by atoms with van der Waals surface area (Å²) in [6.07, 6.45) is 3.08.